The van der Waals surface area contributed by atoms with E-state index in [1.54, 1.807) is 61.5 Å². The Bertz CT molecular complexity index is 2040. The second-order valence-electron chi connectivity index (χ2n) is 12.3. The Hall–Kier alpha value is -6.53. The van der Waals surface area contributed by atoms with Gasteiger partial charge in [-0.05, 0) is 50.2 Å². The molecule has 2 aliphatic heterocycles. The van der Waals surface area contributed by atoms with Crippen LogP contribution < -0.4 is 0 Å². The fourth-order valence-electron chi connectivity index (χ4n) is 5.69. The second kappa shape index (κ2) is 19.9. The van der Waals surface area contributed by atoms with Crippen molar-refractivity contribution >= 4 is 60.1 Å². The molecule has 2 heterocycles. The van der Waals surface area contributed by atoms with E-state index < -0.39 is 80.4 Å². The standard InChI is InChI=1S/C39H37N3O14S/c1-24-10-9-15-28(18-24)36(47)53-23-56-39(50)41(20-40-38(49)55-22-52-35(46)27-13-7-4-8-14-27)16-17-57-30-19-29-31(25(2)43)33(44)42(29)32(30)37(48)54-21-51-34(45)26-11-5-3-6-12-26/h3-15,18,20,25,29,31,43H,16-17,19,21-23H2,1-2H3/b40-20+. The molecule has 0 saturated carbocycles. The SMILES string of the molecule is Cc1cccc(C(=O)OCOC(=O)N(/C=N/C(=O)OCOC(=O)c2ccccc2)CCSC2=C(C(=O)OCOC(=O)c3ccccc3)N3C(=O)C(C(C)O)C3C2)c1. The number of carbonyl (C=O) groups is 7. The zero-order valence-electron chi connectivity index (χ0n) is 30.6. The summed E-state index contributed by atoms with van der Waals surface area (Å²) in [6.45, 7) is 0.721. The average Bonchev–Trinajstić information content (AvgIpc) is 3.53. The average molecular weight is 804 g/mol. The van der Waals surface area contributed by atoms with Gasteiger partial charge < -0.3 is 38.4 Å². The van der Waals surface area contributed by atoms with Crippen LogP contribution >= 0.6 is 11.8 Å². The van der Waals surface area contributed by atoms with E-state index in [0.29, 0.717) is 4.91 Å². The molecule has 3 amide bonds. The van der Waals surface area contributed by atoms with Crippen molar-refractivity contribution in [3.63, 3.8) is 0 Å². The maximum absolute atomic E-state index is 13.3. The third-order valence-corrected chi connectivity index (χ3v) is 9.52. The van der Waals surface area contributed by atoms with Crippen LogP contribution in [0.1, 0.15) is 50.0 Å². The number of aliphatic hydroxyl groups excluding tert-OH is 1. The van der Waals surface area contributed by atoms with Crippen molar-refractivity contribution in [1.82, 2.24) is 9.80 Å². The molecular weight excluding hydrogens is 767 g/mol. The van der Waals surface area contributed by atoms with Crippen molar-refractivity contribution in [2.24, 2.45) is 10.9 Å². The van der Waals surface area contributed by atoms with Crippen LogP contribution in [0, 0.1) is 12.8 Å². The number of thioether (sulfide) groups is 1. The van der Waals surface area contributed by atoms with Crippen LogP contribution in [0.5, 0.6) is 0 Å². The van der Waals surface area contributed by atoms with Crippen LogP contribution in [0.15, 0.2) is 101 Å². The number of aliphatic hydroxyl groups is 1. The van der Waals surface area contributed by atoms with Gasteiger partial charge in [0.05, 0.1) is 34.8 Å². The monoisotopic (exact) mass is 803 g/mol. The van der Waals surface area contributed by atoms with Gasteiger partial charge >= 0.3 is 36.1 Å². The molecule has 0 radical (unpaired) electrons. The Balaban J connectivity index is 1.23. The van der Waals surface area contributed by atoms with E-state index in [-0.39, 0.29) is 41.1 Å². The lowest BCUT2D eigenvalue weighted by Crippen LogP contribution is -2.61. The van der Waals surface area contributed by atoms with E-state index in [2.05, 4.69) is 4.99 Å². The van der Waals surface area contributed by atoms with Crippen molar-refractivity contribution < 1.29 is 67.1 Å². The van der Waals surface area contributed by atoms with Crippen LogP contribution in [-0.4, -0.2) is 108 Å². The van der Waals surface area contributed by atoms with Gasteiger partial charge in [-0.25, -0.2) is 28.8 Å². The molecule has 0 aromatic heterocycles. The quantitative estimate of drug-likeness (QED) is 0.0529. The van der Waals surface area contributed by atoms with Crippen LogP contribution in [0.3, 0.4) is 0 Å². The van der Waals surface area contributed by atoms with Crippen molar-refractivity contribution in [2.75, 3.05) is 32.7 Å². The number of hydrogen-bond acceptors (Lipinski definition) is 15. The highest BCUT2D eigenvalue weighted by atomic mass is 32.2. The zero-order chi connectivity index (χ0) is 40.9. The van der Waals surface area contributed by atoms with E-state index in [4.69, 9.17) is 28.4 Å². The zero-order valence-corrected chi connectivity index (χ0v) is 31.5. The van der Waals surface area contributed by atoms with Crippen LogP contribution in [0.2, 0.25) is 0 Å². The lowest BCUT2D eigenvalue weighted by atomic mass is 9.83. The van der Waals surface area contributed by atoms with Crippen molar-refractivity contribution in [1.29, 1.82) is 0 Å². The summed E-state index contributed by atoms with van der Waals surface area (Å²) in [6.07, 6.45) is -2.35. The highest BCUT2D eigenvalue weighted by Gasteiger charge is 2.57. The molecule has 0 bridgehead atoms. The summed E-state index contributed by atoms with van der Waals surface area (Å²) in [5, 5.41) is 10.2. The van der Waals surface area contributed by atoms with E-state index >= 15 is 0 Å². The van der Waals surface area contributed by atoms with E-state index in [9.17, 15) is 38.7 Å². The third-order valence-electron chi connectivity index (χ3n) is 8.42. The first-order chi connectivity index (χ1) is 27.4. The molecule has 298 valence electrons. The Kier molecular flexibility index (Phi) is 14.5. The number of hydrogen-bond donors (Lipinski definition) is 1. The lowest BCUT2D eigenvalue weighted by molar-refractivity contribution is -0.164. The van der Waals surface area contributed by atoms with Gasteiger partial charge in [-0.1, -0.05) is 54.1 Å². The van der Waals surface area contributed by atoms with Crippen molar-refractivity contribution in [3.8, 4) is 0 Å². The van der Waals surface area contributed by atoms with Gasteiger partial charge in [0, 0.05) is 23.6 Å². The van der Waals surface area contributed by atoms with E-state index in [0.717, 1.165) is 28.6 Å². The molecule has 17 nitrogen and oxygen atoms in total. The summed E-state index contributed by atoms with van der Waals surface area (Å²) in [4.78, 5) is 94.7. The van der Waals surface area contributed by atoms with Gasteiger partial charge in [0.25, 0.3) is 0 Å². The topological polar surface area (TPSA) is 214 Å². The summed E-state index contributed by atoms with van der Waals surface area (Å²) in [7, 11) is 0. The van der Waals surface area contributed by atoms with E-state index in [1.165, 1.54) is 42.2 Å². The molecule has 3 aromatic carbocycles. The predicted molar refractivity (Wildman–Crippen MR) is 199 cm³/mol. The minimum absolute atomic E-state index is 0.0249. The molecule has 18 heteroatoms. The van der Waals surface area contributed by atoms with Gasteiger partial charge in [-0.15, -0.1) is 11.8 Å². The fourth-order valence-corrected chi connectivity index (χ4v) is 6.83. The number of carbonyl (C=O) groups excluding carboxylic acids is 7. The number of esters is 4. The number of amides is 3. The molecule has 2 aliphatic rings. The molecule has 1 N–H and O–H groups in total. The number of ether oxygens (including phenoxy) is 6. The number of rotatable bonds is 16. The first-order valence-electron chi connectivity index (χ1n) is 17.3. The minimum atomic E-state index is -1.23. The predicted octanol–water partition coefficient (Wildman–Crippen LogP) is 4.44. The summed E-state index contributed by atoms with van der Waals surface area (Å²) < 4.78 is 30.2. The fraction of sp³-hybridized carbons (Fsp3) is 0.282. The van der Waals surface area contributed by atoms with Gasteiger partial charge in [-0.2, -0.15) is 4.99 Å². The number of aryl methyl sites for hydroxylation is 1. The Morgan fingerprint density at radius 1 is 0.789 bits per heavy atom. The van der Waals surface area contributed by atoms with Gasteiger partial charge in [-0.3, -0.25) is 9.69 Å². The Labute approximate surface area is 330 Å². The normalized spacial score (nSPS) is 16.2. The number of benzene rings is 3. The molecule has 0 aliphatic carbocycles. The Morgan fingerprint density at radius 3 is 1.93 bits per heavy atom. The first kappa shape index (κ1) is 41.6. The summed E-state index contributed by atoms with van der Waals surface area (Å²) in [5.74, 6) is -4.45. The second-order valence-corrected chi connectivity index (χ2v) is 13.5. The third kappa shape index (κ3) is 11.0. The number of nitrogens with zero attached hydrogens (tertiary/aromatic N) is 3. The maximum Gasteiger partial charge on any atom is 0.437 e. The summed E-state index contributed by atoms with van der Waals surface area (Å²) >= 11 is 1.07. The number of β-lactam (4-membered cyclic amide) rings is 1. The van der Waals surface area contributed by atoms with E-state index in [1.807, 2.05) is 0 Å². The molecule has 5 rings (SSSR count). The molecule has 3 unspecified atom stereocenters. The molecule has 3 atom stereocenters. The van der Waals surface area contributed by atoms with Crippen LogP contribution in [-0.2, 0) is 38.0 Å². The van der Waals surface area contributed by atoms with Gasteiger partial charge in [0.2, 0.25) is 26.3 Å². The minimum Gasteiger partial charge on any atom is -0.424 e. The van der Waals surface area contributed by atoms with Gasteiger partial charge in [0.15, 0.2) is 0 Å². The molecule has 1 saturated heterocycles. The molecule has 0 spiro atoms. The molecule has 1 fully saturated rings. The van der Waals surface area contributed by atoms with Crippen LogP contribution in [0.25, 0.3) is 0 Å². The van der Waals surface area contributed by atoms with Crippen LogP contribution in [0.4, 0.5) is 9.59 Å². The smallest absolute Gasteiger partial charge is 0.424 e. The maximum atomic E-state index is 13.3. The molecular formula is C39H37N3O14S. The highest BCUT2D eigenvalue weighted by Crippen LogP contribution is 2.47. The highest BCUT2D eigenvalue weighted by molar-refractivity contribution is 8.03. The van der Waals surface area contributed by atoms with Crippen molar-refractivity contribution in [2.45, 2.75) is 32.4 Å². The molecule has 3 aromatic rings. The van der Waals surface area contributed by atoms with Crippen molar-refractivity contribution in [3.05, 3.63) is 118 Å². The summed E-state index contributed by atoms with van der Waals surface area (Å²) in [5.41, 5.74) is 1.38. The Morgan fingerprint density at radius 2 is 1.33 bits per heavy atom. The first-order valence-corrected chi connectivity index (χ1v) is 18.3. The number of aliphatic imine (C=N–C) groups is 1. The molecule has 57 heavy (non-hydrogen) atoms. The largest absolute Gasteiger partial charge is 0.437 e. The number of fused-ring (bicyclic) bond motifs is 1. The lowest BCUT2D eigenvalue weighted by Gasteiger charge is -2.44. The van der Waals surface area contributed by atoms with Gasteiger partial charge in [0.1, 0.15) is 12.0 Å². The summed E-state index contributed by atoms with van der Waals surface area (Å²) in [6, 6.07) is 22.0.